The van der Waals surface area contributed by atoms with E-state index in [1.165, 1.54) is 60.7 Å². The third-order valence-corrected chi connectivity index (χ3v) is 9.98. The summed E-state index contributed by atoms with van der Waals surface area (Å²) in [6, 6.07) is 15.8. The normalized spacial score (nSPS) is 13.1. The summed E-state index contributed by atoms with van der Waals surface area (Å²) >= 11 is 0. The van der Waals surface area contributed by atoms with Crippen molar-refractivity contribution in [3.05, 3.63) is 119 Å². The van der Waals surface area contributed by atoms with Gasteiger partial charge in [0.15, 0.2) is 0 Å². The van der Waals surface area contributed by atoms with E-state index in [-0.39, 0.29) is 22.5 Å². The molecule has 0 unspecified atom stereocenters. The fraction of sp³-hybridized carbons (Fsp3) is 0.143. The Morgan fingerprint density at radius 2 is 0.628 bits per heavy atom. The van der Waals surface area contributed by atoms with Crippen molar-refractivity contribution in [2.45, 2.75) is 24.7 Å². The minimum Gasteiger partial charge on any atom is -0.387 e. The maximum atomic E-state index is 13.7. The van der Waals surface area contributed by atoms with Crippen LogP contribution in [0.4, 0.5) is 64.1 Å². The number of nitrogens with one attached hydrogen (secondary N) is 2. The third kappa shape index (κ3) is 7.26. The molecule has 2 N–H and O–H groups in total. The van der Waals surface area contributed by atoms with E-state index in [9.17, 15) is 52.7 Å². The summed E-state index contributed by atoms with van der Waals surface area (Å²) in [4.78, 5) is 5.36. The SMILES string of the molecule is FC(F)(F)c1cc(N[Si](Nc2cc(C(F)(F)F)cc(C(F)(F)F)c2)(c2ccccc2)c2ccccc2)cc(C(F)(F)F)c1. The van der Waals surface area contributed by atoms with Crippen molar-refractivity contribution in [1.29, 1.82) is 0 Å². The summed E-state index contributed by atoms with van der Waals surface area (Å²) in [5.74, 6) is 0. The topological polar surface area (TPSA) is 24.1 Å². The van der Waals surface area contributed by atoms with Crippen LogP contribution in [0.15, 0.2) is 97.1 Å². The van der Waals surface area contributed by atoms with E-state index in [0.717, 1.165) is 0 Å². The van der Waals surface area contributed by atoms with E-state index in [0.29, 0.717) is 24.3 Å². The van der Waals surface area contributed by atoms with Crippen LogP contribution in [-0.2, 0) is 24.7 Å². The molecule has 0 aromatic heterocycles. The molecule has 43 heavy (non-hydrogen) atoms. The minimum atomic E-state index is -5.22. The van der Waals surface area contributed by atoms with Gasteiger partial charge in [-0.05, 0) is 46.8 Å². The fourth-order valence-electron chi connectivity index (χ4n) is 4.35. The summed E-state index contributed by atoms with van der Waals surface area (Å²) in [7, 11) is -4.33. The molecular weight excluding hydrogens is 620 g/mol. The summed E-state index contributed by atoms with van der Waals surface area (Å²) < 4.78 is 164. The van der Waals surface area contributed by atoms with E-state index in [4.69, 9.17) is 0 Å². The number of alkyl halides is 12. The maximum absolute atomic E-state index is 13.7. The first-order valence-corrected chi connectivity index (χ1v) is 14.1. The second-order valence-corrected chi connectivity index (χ2v) is 12.5. The van der Waals surface area contributed by atoms with E-state index < -0.39 is 66.7 Å². The standard InChI is InChI=1S/C28H18F12N2Si/c29-25(30,31)17-11-18(26(32,33)34)14-21(13-17)41-43(23-7-3-1-4-8-23,24-9-5-2-6-10-24)42-22-15-19(27(35,36)37)12-20(16-22)28(38,39)40/h1-16,41-42H. The Labute approximate surface area is 237 Å². The number of hydrogen-bond donors (Lipinski definition) is 2. The van der Waals surface area contributed by atoms with Crippen molar-refractivity contribution in [2.24, 2.45) is 0 Å². The summed E-state index contributed by atoms with van der Waals surface area (Å²) in [6.45, 7) is 0. The first kappa shape index (κ1) is 31.8. The fourth-order valence-corrected chi connectivity index (χ4v) is 7.86. The van der Waals surface area contributed by atoms with Crippen molar-refractivity contribution >= 4 is 30.1 Å². The molecule has 0 aliphatic carbocycles. The van der Waals surface area contributed by atoms with Gasteiger partial charge in [0, 0.05) is 11.4 Å². The van der Waals surface area contributed by atoms with Crippen LogP contribution >= 0.6 is 0 Å². The zero-order chi connectivity index (χ0) is 31.8. The first-order chi connectivity index (χ1) is 19.8. The molecule has 0 fully saturated rings. The van der Waals surface area contributed by atoms with E-state index in [2.05, 4.69) is 9.96 Å². The molecule has 2 nitrogen and oxygen atoms in total. The van der Waals surface area contributed by atoms with E-state index in [1.54, 1.807) is 0 Å². The Kier molecular flexibility index (Phi) is 8.26. The average molecular weight is 639 g/mol. The number of benzene rings is 4. The van der Waals surface area contributed by atoms with Crippen LogP contribution in [0.2, 0.25) is 0 Å². The highest BCUT2D eigenvalue weighted by molar-refractivity contribution is 7.06. The second kappa shape index (κ2) is 11.2. The molecule has 0 spiro atoms. The summed E-state index contributed by atoms with van der Waals surface area (Å²) in [5.41, 5.74) is -8.15. The molecule has 0 atom stereocenters. The molecule has 0 bridgehead atoms. The maximum Gasteiger partial charge on any atom is 0.416 e. The van der Waals surface area contributed by atoms with Crippen LogP contribution in [0, 0.1) is 0 Å². The zero-order valence-corrected chi connectivity index (χ0v) is 22.3. The average Bonchev–Trinajstić information content (AvgIpc) is 2.91. The van der Waals surface area contributed by atoms with Crippen LogP contribution in [0.5, 0.6) is 0 Å². The highest BCUT2D eigenvalue weighted by Crippen LogP contribution is 2.40. The quantitative estimate of drug-likeness (QED) is 0.164. The first-order valence-electron chi connectivity index (χ1n) is 12.1. The van der Waals surface area contributed by atoms with Gasteiger partial charge in [0.25, 0.3) is 0 Å². The third-order valence-electron chi connectivity index (χ3n) is 6.25. The predicted molar refractivity (Wildman–Crippen MR) is 138 cm³/mol. The lowest BCUT2D eigenvalue weighted by atomic mass is 10.1. The summed E-state index contributed by atoms with van der Waals surface area (Å²) in [5, 5.41) is 0.330. The zero-order valence-electron chi connectivity index (χ0n) is 21.3. The smallest absolute Gasteiger partial charge is 0.387 e. The largest absolute Gasteiger partial charge is 0.416 e. The molecule has 0 amide bonds. The molecule has 4 aromatic carbocycles. The molecule has 4 rings (SSSR count). The molecular formula is C28H18F12N2Si. The van der Waals surface area contributed by atoms with Gasteiger partial charge in [-0.2, -0.15) is 52.7 Å². The number of halogens is 12. The van der Waals surface area contributed by atoms with Gasteiger partial charge < -0.3 is 9.96 Å². The van der Waals surface area contributed by atoms with Gasteiger partial charge >= 0.3 is 33.1 Å². The van der Waals surface area contributed by atoms with Gasteiger partial charge in [-0.15, -0.1) is 0 Å². The Morgan fingerprint density at radius 1 is 0.372 bits per heavy atom. The van der Waals surface area contributed by atoms with Crippen LogP contribution in [0.1, 0.15) is 22.3 Å². The van der Waals surface area contributed by atoms with Gasteiger partial charge in [0.1, 0.15) is 0 Å². The lowest BCUT2D eigenvalue weighted by molar-refractivity contribution is -0.144. The Morgan fingerprint density at radius 3 is 0.860 bits per heavy atom. The number of rotatable bonds is 6. The van der Waals surface area contributed by atoms with Crippen molar-refractivity contribution in [2.75, 3.05) is 9.96 Å². The van der Waals surface area contributed by atoms with Crippen LogP contribution < -0.4 is 20.3 Å². The Hall–Kier alpha value is -4.14. The number of hydrogen-bond acceptors (Lipinski definition) is 2. The minimum absolute atomic E-state index is 0.102. The molecule has 4 aromatic rings. The molecule has 0 saturated carbocycles. The Bertz CT molecular complexity index is 1380. The van der Waals surface area contributed by atoms with Crippen molar-refractivity contribution in [3.8, 4) is 0 Å². The monoisotopic (exact) mass is 638 g/mol. The Balaban J connectivity index is 2.03. The van der Waals surface area contributed by atoms with Crippen molar-refractivity contribution in [3.63, 3.8) is 0 Å². The number of anilines is 2. The van der Waals surface area contributed by atoms with Crippen molar-refractivity contribution in [1.82, 2.24) is 0 Å². The van der Waals surface area contributed by atoms with E-state index in [1.807, 2.05) is 0 Å². The molecule has 0 heterocycles. The molecule has 0 aliphatic rings. The van der Waals surface area contributed by atoms with Crippen molar-refractivity contribution < 1.29 is 52.7 Å². The van der Waals surface area contributed by atoms with Gasteiger partial charge in [0.05, 0.1) is 22.3 Å². The molecule has 228 valence electrons. The molecule has 0 radical (unpaired) electrons. The molecule has 0 aliphatic heterocycles. The van der Waals surface area contributed by atoms with E-state index >= 15 is 0 Å². The van der Waals surface area contributed by atoms with Crippen LogP contribution in [-0.4, -0.2) is 8.40 Å². The summed E-state index contributed by atoms with van der Waals surface area (Å²) in [6.07, 6.45) is -20.9. The lowest BCUT2D eigenvalue weighted by Gasteiger charge is -2.36. The highest BCUT2D eigenvalue weighted by Gasteiger charge is 2.44. The van der Waals surface area contributed by atoms with Crippen LogP contribution in [0.25, 0.3) is 0 Å². The second-order valence-electron chi connectivity index (χ2n) is 9.32. The van der Waals surface area contributed by atoms with Crippen LogP contribution in [0.3, 0.4) is 0 Å². The van der Waals surface area contributed by atoms with Gasteiger partial charge in [-0.1, -0.05) is 60.7 Å². The molecule has 0 saturated heterocycles. The van der Waals surface area contributed by atoms with Gasteiger partial charge in [-0.25, -0.2) is 0 Å². The molecule has 15 heteroatoms. The highest BCUT2D eigenvalue weighted by atomic mass is 28.3. The predicted octanol–water partition coefficient (Wildman–Crippen LogP) is 8.54. The lowest BCUT2D eigenvalue weighted by Crippen LogP contribution is -2.70. The van der Waals surface area contributed by atoms with Gasteiger partial charge in [-0.3, -0.25) is 0 Å². The van der Waals surface area contributed by atoms with Gasteiger partial charge in [0.2, 0.25) is 0 Å².